The highest BCUT2D eigenvalue weighted by Crippen LogP contribution is 2.34. The zero-order chi connectivity index (χ0) is 24.6. The maximum Gasteiger partial charge on any atom is 0.416 e. The van der Waals surface area contributed by atoms with E-state index in [2.05, 4.69) is 25.9 Å². The van der Waals surface area contributed by atoms with Gasteiger partial charge in [-0.2, -0.15) is 18.2 Å². The molecule has 3 aromatic rings. The Morgan fingerprint density at radius 2 is 1.85 bits per heavy atom. The van der Waals surface area contributed by atoms with Crippen molar-refractivity contribution >= 4 is 58.2 Å². The van der Waals surface area contributed by atoms with Crippen LogP contribution < -0.4 is 21.5 Å². The van der Waals surface area contributed by atoms with Gasteiger partial charge in [0.15, 0.2) is 0 Å². The summed E-state index contributed by atoms with van der Waals surface area (Å²) in [7, 11) is 0. The molecule has 1 aromatic heterocycles. The molecule has 2 heterocycles. The molecule has 1 atom stereocenters. The first-order valence-electron chi connectivity index (χ1n) is 9.66. The molecule has 176 valence electrons. The number of carbonyl (C=O) groups is 2. The topological polar surface area (TPSA) is 116 Å². The van der Waals surface area contributed by atoms with Crippen LogP contribution in [0.1, 0.15) is 23.5 Å². The second kappa shape index (κ2) is 8.99. The lowest BCUT2D eigenvalue weighted by Crippen LogP contribution is -2.36. The quantitative estimate of drug-likeness (QED) is 0.397. The number of nitrogens with one attached hydrogen (secondary N) is 4. The summed E-state index contributed by atoms with van der Waals surface area (Å²) in [5.74, 6) is -2.87. The van der Waals surface area contributed by atoms with E-state index in [9.17, 15) is 27.6 Å². The van der Waals surface area contributed by atoms with Crippen molar-refractivity contribution in [1.29, 1.82) is 0 Å². The molecule has 0 radical (unpaired) electrons. The van der Waals surface area contributed by atoms with Gasteiger partial charge in [0, 0.05) is 12.1 Å². The van der Waals surface area contributed by atoms with E-state index in [1.54, 1.807) is 6.07 Å². The van der Waals surface area contributed by atoms with Gasteiger partial charge in [0.25, 0.3) is 5.56 Å². The van der Waals surface area contributed by atoms with Crippen LogP contribution >= 0.6 is 23.2 Å². The Balaban J connectivity index is 1.64. The lowest BCUT2D eigenvalue weighted by molar-refractivity contribution is -0.137. The number of nitrogens with zero attached hydrogens (tertiary/aromatic N) is 1. The van der Waals surface area contributed by atoms with Crippen molar-refractivity contribution in [1.82, 2.24) is 9.97 Å². The molecule has 2 amide bonds. The molecule has 0 unspecified atom stereocenters. The lowest BCUT2D eigenvalue weighted by atomic mass is 9.92. The van der Waals surface area contributed by atoms with Gasteiger partial charge < -0.3 is 16.0 Å². The van der Waals surface area contributed by atoms with Crippen molar-refractivity contribution in [3.8, 4) is 0 Å². The number of benzene rings is 2. The van der Waals surface area contributed by atoms with Gasteiger partial charge in [-0.1, -0.05) is 35.3 Å². The fourth-order valence-corrected chi connectivity index (χ4v) is 3.73. The maximum atomic E-state index is 13.0. The molecule has 1 aliphatic rings. The van der Waals surface area contributed by atoms with Gasteiger partial charge in [-0.05, 0) is 30.3 Å². The van der Waals surface area contributed by atoms with Crippen molar-refractivity contribution in [3.63, 3.8) is 0 Å². The molecule has 4 N–H and O–H groups in total. The van der Waals surface area contributed by atoms with E-state index in [-0.39, 0.29) is 45.2 Å². The van der Waals surface area contributed by atoms with Gasteiger partial charge in [-0.15, -0.1) is 0 Å². The normalized spacial score (nSPS) is 15.3. The number of carbonyl (C=O) groups excluding carboxylic acids is 2. The van der Waals surface area contributed by atoms with Crippen molar-refractivity contribution < 1.29 is 22.8 Å². The average Bonchev–Trinajstić information content (AvgIpc) is 2.75. The molecule has 8 nitrogen and oxygen atoms in total. The van der Waals surface area contributed by atoms with Crippen LogP contribution in [0.15, 0.2) is 47.3 Å². The lowest BCUT2D eigenvalue weighted by Gasteiger charge is -2.24. The fraction of sp³-hybridized carbons (Fsp3) is 0.143. The van der Waals surface area contributed by atoms with Crippen molar-refractivity contribution in [2.45, 2.75) is 18.5 Å². The number of halogens is 5. The Hall–Kier alpha value is -3.57. The highest BCUT2D eigenvalue weighted by atomic mass is 35.5. The molecule has 1 aliphatic heterocycles. The minimum atomic E-state index is -4.56. The number of fused-ring (bicyclic) bond motifs is 1. The van der Waals surface area contributed by atoms with E-state index in [4.69, 9.17) is 23.2 Å². The van der Waals surface area contributed by atoms with Crippen molar-refractivity contribution in [2.24, 2.45) is 0 Å². The van der Waals surface area contributed by atoms with Crippen LogP contribution in [0.3, 0.4) is 0 Å². The van der Waals surface area contributed by atoms with Crippen molar-refractivity contribution in [3.05, 3.63) is 74.0 Å². The highest BCUT2D eigenvalue weighted by Gasteiger charge is 2.35. The first-order chi connectivity index (χ1) is 16.0. The smallest absolute Gasteiger partial charge is 0.326 e. The first kappa shape index (κ1) is 23.6. The largest absolute Gasteiger partial charge is 0.416 e. The van der Waals surface area contributed by atoms with Crippen molar-refractivity contribution in [2.75, 3.05) is 16.0 Å². The number of aromatic nitrogens is 2. The van der Waals surface area contributed by atoms with Crippen LogP contribution in [-0.2, 0) is 15.8 Å². The molecule has 0 spiro atoms. The highest BCUT2D eigenvalue weighted by molar-refractivity contribution is 6.44. The number of anilines is 4. The number of amides is 2. The predicted octanol–water partition coefficient (Wildman–Crippen LogP) is 4.90. The maximum absolute atomic E-state index is 13.0. The Kier molecular flexibility index (Phi) is 6.24. The van der Waals surface area contributed by atoms with Gasteiger partial charge in [0.2, 0.25) is 17.8 Å². The van der Waals surface area contributed by atoms with Gasteiger partial charge in [0.1, 0.15) is 5.82 Å². The summed E-state index contributed by atoms with van der Waals surface area (Å²) in [4.78, 5) is 44.4. The van der Waals surface area contributed by atoms with E-state index in [0.717, 1.165) is 12.1 Å². The summed E-state index contributed by atoms with van der Waals surface area (Å²) in [5, 5.41) is 7.82. The Morgan fingerprint density at radius 1 is 1.12 bits per heavy atom. The Morgan fingerprint density at radius 3 is 2.59 bits per heavy atom. The summed E-state index contributed by atoms with van der Waals surface area (Å²) in [6, 6.07) is 8.85. The molecule has 2 aromatic carbocycles. The first-order valence-corrected chi connectivity index (χ1v) is 10.4. The molecule has 0 aliphatic carbocycles. The monoisotopic (exact) mass is 511 g/mol. The number of hydrogen-bond acceptors (Lipinski definition) is 5. The molecular formula is C21H14Cl2F3N5O3. The summed E-state index contributed by atoms with van der Waals surface area (Å²) >= 11 is 12.0. The zero-order valence-electron chi connectivity index (χ0n) is 16.9. The van der Waals surface area contributed by atoms with Gasteiger partial charge in [0.05, 0.1) is 32.8 Å². The summed E-state index contributed by atoms with van der Waals surface area (Å²) in [6.07, 6.45) is -4.89. The van der Waals surface area contributed by atoms with Crippen LogP contribution in [-0.4, -0.2) is 21.8 Å². The van der Waals surface area contributed by atoms with E-state index in [1.165, 1.54) is 24.3 Å². The van der Waals surface area contributed by atoms with Crippen LogP contribution in [0, 0.1) is 0 Å². The molecule has 34 heavy (non-hydrogen) atoms. The number of H-pyrrole nitrogens is 1. The summed E-state index contributed by atoms with van der Waals surface area (Å²) in [5.41, 5.74) is -1.56. The van der Waals surface area contributed by atoms with Gasteiger partial charge >= 0.3 is 6.18 Å². The van der Waals surface area contributed by atoms with Crippen LogP contribution in [0.4, 0.5) is 36.3 Å². The van der Waals surface area contributed by atoms with E-state index >= 15 is 0 Å². The second-order valence-corrected chi connectivity index (χ2v) is 8.06. The minimum absolute atomic E-state index is 0.00459. The molecule has 13 heteroatoms. The molecule has 0 saturated carbocycles. The van der Waals surface area contributed by atoms with Crippen LogP contribution in [0.25, 0.3) is 0 Å². The minimum Gasteiger partial charge on any atom is -0.326 e. The predicted molar refractivity (Wildman–Crippen MR) is 121 cm³/mol. The van der Waals surface area contributed by atoms with Gasteiger partial charge in [-0.3, -0.25) is 19.4 Å². The molecule has 4 rings (SSSR count). The molecular weight excluding hydrogens is 498 g/mol. The molecule has 0 saturated heterocycles. The second-order valence-electron chi connectivity index (χ2n) is 7.28. The summed E-state index contributed by atoms with van der Waals surface area (Å²) < 4.78 is 38.9. The third-order valence-electron chi connectivity index (χ3n) is 4.93. The average molecular weight is 512 g/mol. The molecule has 0 fully saturated rings. The number of alkyl halides is 3. The Labute approximate surface area is 199 Å². The fourth-order valence-electron chi connectivity index (χ4n) is 3.38. The number of aromatic amines is 1. The van der Waals surface area contributed by atoms with E-state index in [0.29, 0.717) is 0 Å². The van der Waals surface area contributed by atoms with Crippen LogP contribution in [0.5, 0.6) is 0 Å². The number of hydrogen-bond donors (Lipinski definition) is 4. The van der Waals surface area contributed by atoms with E-state index in [1.807, 2.05) is 0 Å². The van der Waals surface area contributed by atoms with Crippen LogP contribution in [0.2, 0.25) is 10.0 Å². The standard InChI is InChI=1S/C21H14Cl2F3N5O3/c22-12-5-2-6-13(16(12)23)28-18(33)11-8-14(32)29-17-15(11)19(34)31-20(30-17)27-10-4-1-3-9(7-10)21(24,25)26/h1-7,11H,8H2,(H,28,33)(H3,27,29,30,31,32,34)/t11-/m1/s1. The van der Waals surface area contributed by atoms with E-state index < -0.39 is 35.0 Å². The number of rotatable bonds is 4. The summed E-state index contributed by atoms with van der Waals surface area (Å²) in [6.45, 7) is 0. The Bertz CT molecular complexity index is 1360. The molecule has 0 bridgehead atoms. The zero-order valence-corrected chi connectivity index (χ0v) is 18.4. The SMILES string of the molecule is O=C1C[C@@H](C(=O)Nc2cccc(Cl)c2Cl)c2c(nc(Nc3cccc(C(F)(F)F)c3)[nH]c2=O)N1. The third kappa shape index (κ3) is 4.85. The van der Waals surface area contributed by atoms with Gasteiger partial charge in [-0.25, -0.2) is 0 Å². The third-order valence-corrected chi connectivity index (χ3v) is 5.75.